The number of aliphatic hydroxyl groups is 2. The van der Waals surface area contributed by atoms with Crippen LogP contribution >= 0.6 is 0 Å². The summed E-state index contributed by atoms with van der Waals surface area (Å²) in [6.45, 7) is 3.62. The number of aromatic nitrogens is 2. The minimum absolute atomic E-state index is 0.109. The molecule has 4 aromatic rings. The monoisotopic (exact) mass is 570 g/mol. The highest BCUT2D eigenvalue weighted by atomic mass is 16.5. The first-order valence-corrected chi connectivity index (χ1v) is 13.6. The zero-order valence-corrected chi connectivity index (χ0v) is 23.5. The van der Waals surface area contributed by atoms with E-state index in [4.69, 9.17) is 14.2 Å². The van der Waals surface area contributed by atoms with Crippen molar-refractivity contribution in [3.63, 3.8) is 0 Å². The van der Waals surface area contributed by atoms with Crippen molar-refractivity contribution in [3.8, 4) is 11.5 Å². The molecule has 1 aliphatic carbocycles. The molecule has 3 aromatic carbocycles. The number of ether oxygens (including phenoxy) is 3. The van der Waals surface area contributed by atoms with Gasteiger partial charge in [0.1, 0.15) is 17.1 Å². The molecule has 0 unspecified atom stereocenters. The van der Waals surface area contributed by atoms with Crippen LogP contribution in [0.4, 0.5) is 0 Å². The Morgan fingerprint density at radius 1 is 0.905 bits per heavy atom. The molecular weight excluding hydrogens is 536 g/mol. The normalized spacial score (nSPS) is 20.4. The SMILES string of the molecule is C=C1[C@@H](n2ccc(=O)[nH]c2=O)C[C@H](O)[C@@]1(CO)COC(c1ccccc1)(c1ccc(OC)cc1)c1ccc(OC)cc1. The summed E-state index contributed by atoms with van der Waals surface area (Å²) in [5.41, 5.74) is -0.806. The first kappa shape index (κ1) is 29.1. The third-order valence-electron chi connectivity index (χ3n) is 8.31. The Labute approximate surface area is 243 Å². The van der Waals surface area contributed by atoms with E-state index in [1.807, 2.05) is 78.9 Å². The Morgan fingerprint density at radius 3 is 1.95 bits per heavy atom. The fourth-order valence-electron chi connectivity index (χ4n) is 5.83. The Morgan fingerprint density at radius 2 is 1.45 bits per heavy atom. The molecule has 42 heavy (non-hydrogen) atoms. The molecule has 0 spiro atoms. The molecule has 1 aromatic heterocycles. The lowest BCUT2D eigenvalue weighted by Crippen LogP contribution is -2.44. The minimum atomic E-state index is -1.31. The third kappa shape index (κ3) is 4.96. The average Bonchev–Trinajstić information content (AvgIpc) is 3.27. The highest BCUT2D eigenvalue weighted by Gasteiger charge is 2.52. The van der Waals surface area contributed by atoms with Crippen LogP contribution < -0.4 is 20.7 Å². The van der Waals surface area contributed by atoms with Gasteiger partial charge >= 0.3 is 5.69 Å². The third-order valence-corrected chi connectivity index (χ3v) is 8.31. The van der Waals surface area contributed by atoms with Crippen molar-refractivity contribution in [1.82, 2.24) is 9.55 Å². The van der Waals surface area contributed by atoms with Crippen LogP contribution in [-0.4, -0.2) is 53.3 Å². The van der Waals surface area contributed by atoms with E-state index >= 15 is 0 Å². The van der Waals surface area contributed by atoms with E-state index in [0.29, 0.717) is 17.1 Å². The Kier molecular flexibility index (Phi) is 8.17. The molecule has 5 rings (SSSR count). The molecule has 3 atom stereocenters. The number of hydrogen-bond acceptors (Lipinski definition) is 7. The zero-order chi connectivity index (χ0) is 29.9. The van der Waals surface area contributed by atoms with E-state index in [9.17, 15) is 19.8 Å². The fourth-order valence-corrected chi connectivity index (χ4v) is 5.83. The van der Waals surface area contributed by atoms with Crippen LogP contribution in [0.5, 0.6) is 11.5 Å². The first-order chi connectivity index (χ1) is 20.3. The van der Waals surface area contributed by atoms with Crippen molar-refractivity contribution in [2.45, 2.75) is 24.2 Å². The van der Waals surface area contributed by atoms with Crippen LogP contribution in [-0.2, 0) is 10.3 Å². The maximum absolute atomic E-state index is 12.6. The number of nitrogens with one attached hydrogen (secondary N) is 1. The molecular formula is C33H34N2O7. The van der Waals surface area contributed by atoms with Gasteiger partial charge in [0.05, 0.1) is 45.0 Å². The Bertz CT molecular complexity index is 1600. The molecule has 0 saturated heterocycles. The number of methoxy groups -OCH3 is 2. The zero-order valence-electron chi connectivity index (χ0n) is 23.5. The molecule has 0 amide bonds. The first-order valence-electron chi connectivity index (χ1n) is 13.6. The maximum atomic E-state index is 12.6. The van der Waals surface area contributed by atoms with Gasteiger partial charge < -0.3 is 24.4 Å². The van der Waals surface area contributed by atoms with Gasteiger partial charge in [0.25, 0.3) is 5.56 Å². The lowest BCUT2D eigenvalue weighted by atomic mass is 9.78. The van der Waals surface area contributed by atoms with Crippen molar-refractivity contribution in [1.29, 1.82) is 0 Å². The van der Waals surface area contributed by atoms with Gasteiger partial charge in [-0.1, -0.05) is 61.2 Å². The number of H-pyrrole nitrogens is 1. The number of rotatable bonds is 10. The summed E-state index contributed by atoms with van der Waals surface area (Å²) in [6, 6.07) is 25.3. The predicted molar refractivity (Wildman–Crippen MR) is 158 cm³/mol. The van der Waals surface area contributed by atoms with Crippen LogP contribution in [0.2, 0.25) is 0 Å². The second-order valence-electron chi connectivity index (χ2n) is 10.4. The number of nitrogens with zero attached hydrogens (tertiary/aromatic N) is 1. The molecule has 9 heteroatoms. The van der Waals surface area contributed by atoms with Crippen molar-refractivity contribution < 1.29 is 24.4 Å². The molecule has 0 bridgehead atoms. The molecule has 0 radical (unpaired) electrons. The summed E-state index contributed by atoms with van der Waals surface area (Å²) < 4.78 is 19.1. The lowest BCUT2D eigenvalue weighted by molar-refractivity contribution is -0.0808. The summed E-state index contributed by atoms with van der Waals surface area (Å²) >= 11 is 0. The van der Waals surface area contributed by atoms with Crippen molar-refractivity contribution in [2.75, 3.05) is 27.4 Å². The molecule has 9 nitrogen and oxygen atoms in total. The molecule has 1 fully saturated rings. The fraction of sp³-hybridized carbons (Fsp3) is 0.273. The Hall–Kier alpha value is -4.44. The van der Waals surface area contributed by atoms with Gasteiger partial charge in [0.2, 0.25) is 0 Å². The van der Waals surface area contributed by atoms with E-state index in [1.165, 1.54) is 16.8 Å². The summed E-state index contributed by atoms with van der Waals surface area (Å²) in [6.07, 6.45) is 0.401. The van der Waals surface area contributed by atoms with E-state index in [1.54, 1.807) is 14.2 Å². The smallest absolute Gasteiger partial charge is 0.328 e. The molecule has 3 N–H and O–H groups in total. The minimum Gasteiger partial charge on any atom is -0.497 e. The largest absolute Gasteiger partial charge is 0.497 e. The predicted octanol–water partition coefficient (Wildman–Crippen LogP) is 3.40. The van der Waals surface area contributed by atoms with Gasteiger partial charge in [-0.15, -0.1) is 0 Å². The van der Waals surface area contributed by atoms with Crippen LogP contribution in [0.15, 0.2) is 113 Å². The molecule has 1 saturated carbocycles. The van der Waals surface area contributed by atoms with Gasteiger partial charge in [-0.2, -0.15) is 0 Å². The lowest BCUT2D eigenvalue weighted by Gasteiger charge is -2.41. The second kappa shape index (κ2) is 11.8. The quantitative estimate of drug-likeness (QED) is 0.197. The highest BCUT2D eigenvalue weighted by molar-refractivity contribution is 5.50. The number of benzene rings is 3. The van der Waals surface area contributed by atoms with Gasteiger partial charge in [-0.3, -0.25) is 14.3 Å². The van der Waals surface area contributed by atoms with E-state index in [0.717, 1.165) is 16.7 Å². The summed E-state index contributed by atoms with van der Waals surface area (Å²) in [7, 11) is 3.20. The van der Waals surface area contributed by atoms with E-state index in [2.05, 4.69) is 11.6 Å². The maximum Gasteiger partial charge on any atom is 0.328 e. The van der Waals surface area contributed by atoms with Crippen LogP contribution in [0.25, 0.3) is 0 Å². The summed E-state index contributed by atoms with van der Waals surface area (Å²) in [4.78, 5) is 26.5. The summed E-state index contributed by atoms with van der Waals surface area (Å²) in [5.74, 6) is 1.35. The number of aliphatic hydroxyl groups excluding tert-OH is 2. The Balaban J connectivity index is 1.64. The number of aromatic amines is 1. The highest BCUT2D eigenvalue weighted by Crippen LogP contribution is 2.50. The van der Waals surface area contributed by atoms with Crippen LogP contribution in [0, 0.1) is 5.41 Å². The van der Waals surface area contributed by atoms with Crippen molar-refractivity contribution in [3.05, 3.63) is 141 Å². The molecule has 218 valence electrons. The average molecular weight is 571 g/mol. The van der Waals surface area contributed by atoms with Gasteiger partial charge in [0.15, 0.2) is 0 Å². The van der Waals surface area contributed by atoms with Gasteiger partial charge in [-0.05, 0) is 52.9 Å². The van der Waals surface area contributed by atoms with E-state index < -0.39 is 41.0 Å². The molecule has 1 aliphatic rings. The number of hydrogen-bond donors (Lipinski definition) is 3. The van der Waals surface area contributed by atoms with E-state index in [-0.39, 0.29) is 13.0 Å². The van der Waals surface area contributed by atoms with Crippen molar-refractivity contribution in [2.24, 2.45) is 5.41 Å². The van der Waals surface area contributed by atoms with Crippen LogP contribution in [0.1, 0.15) is 29.2 Å². The van der Waals surface area contributed by atoms with Gasteiger partial charge in [-0.25, -0.2) is 4.79 Å². The molecule has 0 aliphatic heterocycles. The summed E-state index contributed by atoms with van der Waals surface area (Å²) in [5, 5.41) is 22.2. The standard InChI is InChI=1S/C33H34N2O7/c1-22-28(35-18-17-30(38)34-31(35)39)19-29(37)32(22,20-36)21-42-33(23-7-5-4-6-8-23,24-9-13-26(40-2)14-10-24)25-11-15-27(41-3)16-12-25/h4-18,28-29,36-37H,1,19-21H2,2-3H3,(H,34,38,39)/t28-,29-,32-/m0/s1. The topological polar surface area (TPSA) is 123 Å². The second-order valence-corrected chi connectivity index (χ2v) is 10.4. The van der Waals surface area contributed by atoms with Crippen molar-refractivity contribution >= 4 is 0 Å². The van der Waals surface area contributed by atoms with Crippen LogP contribution in [0.3, 0.4) is 0 Å². The van der Waals surface area contributed by atoms with Gasteiger partial charge in [0, 0.05) is 12.3 Å². The molecule has 1 heterocycles.